The molecule has 0 radical (unpaired) electrons. The van der Waals surface area contributed by atoms with Crippen molar-refractivity contribution in [3.8, 4) is 0 Å². The van der Waals surface area contributed by atoms with E-state index in [4.69, 9.17) is 0 Å². The predicted octanol–water partition coefficient (Wildman–Crippen LogP) is 1.97. The molecular formula is C26H41Li2+. The van der Waals surface area contributed by atoms with Crippen LogP contribution in [0.5, 0.6) is 0 Å². The van der Waals surface area contributed by atoms with Gasteiger partial charge in [-0.05, 0) is 79.0 Å². The molecule has 0 bridgehead atoms. The van der Waals surface area contributed by atoms with Gasteiger partial charge >= 0.3 is 37.7 Å². The number of fused-ring (bicyclic) bond motifs is 2. The first kappa shape index (κ1) is 28.2. The quantitative estimate of drug-likeness (QED) is 0.526. The number of unbranched alkanes of at least 4 members (excludes halogenated alkanes) is 1. The van der Waals surface area contributed by atoms with E-state index >= 15 is 0 Å². The van der Waals surface area contributed by atoms with Crippen molar-refractivity contribution in [2.24, 2.45) is 23.7 Å². The molecule has 146 valence electrons. The minimum atomic E-state index is 0. The van der Waals surface area contributed by atoms with Gasteiger partial charge in [0.1, 0.15) is 0 Å². The van der Waals surface area contributed by atoms with Crippen molar-refractivity contribution >= 4 is 6.08 Å². The molecule has 2 saturated carbocycles. The monoisotopic (exact) mass is 367 g/mol. The van der Waals surface area contributed by atoms with Crippen LogP contribution in [0.2, 0.25) is 0 Å². The van der Waals surface area contributed by atoms with Crippen LogP contribution >= 0.6 is 0 Å². The Hall–Kier alpha value is 0.155. The van der Waals surface area contributed by atoms with Crippen LogP contribution in [0, 0.1) is 44.4 Å². The van der Waals surface area contributed by atoms with Crippen molar-refractivity contribution < 1.29 is 37.7 Å². The van der Waals surface area contributed by atoms with Gasteiger partial charge in [0, 0.05) is 0 Å². The smallest absolute Gasteiger partial charge is 0.343 e. The van der Waals surface area contributed by atoms with Crippen molar-refractivity contribution in [3.05, 3.63) is 47.4 Å². The molecule has 4 atom stereocenters. The van der Waals surface area contributed by atoms with Crippen LogP contribution in [0.1, 0.15) is 88.0 Å². The zero-order chi connectivity index (χ0) is 19.1. The van der Waals surface area contributed by atoms with E-state index in [0.29, 0.717) is 0 Å². The second-order valence-electron chi connectivity index (χ2n) is 8.84. The fraction of sp³-hybridized carbons (Fsp3) is 0.654. The molecule has 2 fully saturated rings. The number of allylic oxidation sites excluding steroid dienone is 1. The normalized spacial score (nSPS) is 26.4. The van der Waals surface area contributed by atoms with Gasteiger partial charge in [-0.2, -0.15) is 6.42 Å². The Morgan fingerprint density at radius 3 is 1.86 bits per heavy atom. The zero-order valence-corrected chi connectivity index (χ0v) is 20.0. The summed E-state index contributed by atoms with van der Waals surface area (Å²) in [6, 6.07) is 4.41. The minimum absolute atomic E-state index is 0. The molecule has 28 heavy (non-hydrogen) atoms. The third-order valence-corrected chi connectivity index (χ3v) is 6.93. The summed E-state index contributed by atoms with van der Waals surface area (Å²) < 4.78 is 0. The molecule has 0 aromatic heterocycles. The molecule has 1 aromatic carbocycles. The van der Waals surface area contributed by atoms with Crippen molar-refractivity contribution in [2.75, 3.05) is 0 Å². The second-order valence-corrected chi connectivity index (χ2v) is 8.84. The molecular weight excluding hydrogens is 326 g/mol. The van der Waals surface area contributed by atoms with Crippen LogP contribution in [-0.4, -0.2) is 0 Å². The molecule has 0 nitrogen and oxygen atoms in total. The van der Waals surface area contributed by atoms with E-state index in [2.05, 4.69) is 65.8 Å². The first-order valence-corrected chi connectivity index (χ1v) is 11.0. The van der Waals surface area contributed by atoms with E-state index in [0.717, 1.165) is 36.5 Å². The first-order chi connectivity index (χ1) is 12.5. The summed E-state index contributed by atoms with van der Waals surface area (Å²) in [6.07, 6.45) is 15.5. The van der Waals surface area contributed by atoms with E-state index in [-0.39, 0.29) is 37.7 Å². The largest absolute Gasteiger partial charge is 1.00 e. The van der Waals surface area contributed by atoms with Gasteiger partial charge in [-0.1, -0.05) is 70.7 Å². The molecule has 0 spiro atoms. The molecule has 0 aliphatic heterocycles. The van der Waals surface area contributed by atoms with Crippen molar-refractivity contribution in [2.45, 2.75) is 86.0 Å². The topological polar surface area (TPSA) is 0 Å². The van der Waals surface area contributed by atoms with E-state index in [1.165, 1.54) is 60.8 Å². The standard InChI is InChI=1S/C11H20.C11H12.C4H9.2Li/c2*1-8-6-7-9(2)11-5-3-4-10(8)11;1-3-4-2;;/h8-11H,3-7H2,1-2H3;3-4,6-7H,5H2,1-2H3;1,3-4H2,2H3;;/q;;-1;2*+1. The average Bonchev–Trinajstić information content (AvgIpc) is 3.33. The van der Waals surface area contributed by atoms with Gasteiger partial charge in [0.2, 0.25) is 0 Å². The van der Waals surface area contributed by atoms with Crippen LogP contribution in [0.25, 0.3) is 6.08 Å². The van der Waals surface area contributed by atoms with Gasteiger partial charge in [0.25, 0.3) is 0 Å². The molecule has 3 aliphatic carbocycles. The fourth-order valence-corrected chi connectivity index (χ4v) is 5.07. The number of rotatable bonds is 1. The van der Waals surface area contributed by atoms with Crippen LogP contribution < -0.4 is 37.7 Å². The summed E-state index contributed by atoms with van der Waals surface area (Å²) in [4.78, 5) is 0. The summed E-state index contributed by atoms with van der Waals surface area (Å²) in [5, 5.41) is 0. The van der Waals surface area contributed by atoms with Gasteiger partial charge < -0.3 is 6.92 Å². The second kappa shape index (κ2) is 14.2. The summed E-state index contributed by atoms with van der Waals surface area (Å²) in [5.41, 5.74) is 5.80. The third-order valence-electron chi connectivity index (χ3n) is 6.93. The van der Waals surface area contributed by atoms with Crippen molar-refractivity contribution in [1.29, 1.82) is 0 Å². The maximum atomic E-state index is 3.60. The number of benzene rings is 1. The molecule has 4 unspecified atom stereocenters. The Balaban J connectivity index is 0.000000415. The van der Waals surface area contributed by atoms with Gasteiger partial charge in [0.05, 0.1) is 0 Å². The molecule has 3 aliphatic rings. The fourth-order valence-electron chi connectivity index (χ4n) is 5.07. The molecule has 0 N–H and O–H groups in total. The Bertz CT molecular complexity index is 572. The third kappa shape index (κ3) is 7.44. The van der Waals surface area contributed by atoms with E-state index < -0.39 is 0 Å². The van der Waals surface area contributed by atoms with Gasteiger partial charge in [-0.3, -0.25) is 0 Å². The summed E-state index contributed by atoms with van der Waals surface area (Å²) >= 11 is 0. The van der Waals surface area contributed by atoms with Crippen LogP contribution in [0.3, 0.4) is 0 Å². The maximum Gasteiger partial charge on any atom is 1.00 e. The zero-order valence-electron chi connectivity index (χ0n) is 20.0. The summed E-state index contributed by atoms with van der Waals surface area (Å²) in [5.74, 6) is 4.30. The van der Waals surface area contributed by atoms with Gasteiger partial charge in [-0.15, -0.1) is 0 Å². The van der Waals surface area contributed by atoms with Crippen molar-refractivity contribution in [1.82, 2.24) is 0 Å². The van der Waals surface area contributed by atoms with E-state index in [1.54, 1.807) is 0 Å². The maximum absolute atomic E-state index is 3.60. The van der Waals surface area contributed by atoms with Gasteiger partial charge in [0.15, 0.2) is 0 Å². The van der Waals surface area contributed by atoms with Crippen LogP contribution in [-0.2, 0) is 6.42 Å². The Labute approximate surface area is 200 Å². The molecule has 1 aromatic rings. The number of aryl methyl sites for hydroxylation is 2. The number of hydrogen-bond donors (Lipinski definition) is 0. The molecule has 4 rings (SSSR count). The molecule has 0 amide bonds. The van der Waals surface area contributed by atoms with E-state index in [1.807, 2.05) is 0 Å². The summed E-state index contributed by atoms with van der Waals surface area (Å²) in [6.45, 7) is 15.0. The first-order valence-electron chi connectivity index (χ1n) is 11.0. The molecule has 2 heteroatoms. The Morgan fingerprint density at radius 2 is 1.39 bits per heavy atom. The number of hydrogen-bond acceptors (Lipinski definition) is 0. The van der Waals surface area contributed by atoms with Crippen molar-refractivity contribution in [3.63, 3.8) is 0 Å². The SMILES string of the molecule is CC1CCC(C)C2CCCC12.Cc1ccc(C)c2c1C=CC2.[CH2-]CCC.[Li+].[Li+]. The van der Waals surface area contributed by atoms with Crippen LogP contribution in [0.4, 0.5) is 0 Å². The molecule has 0 heterocycles. The summed E-state index contributed by atoms with van der Waals surface area (Å²) in [7, 11) is 0. The Morgan fingerprint density at radius 1 is 0.893 bits per heavy atom. The minimum Gasteiger partial charge on any atom is -0.343 e. The van der Waals surface area contributed by atoms with Crippen LogP contribution in [0.15, 0.2) is 18.2 Å². The molecule has 0 saturated heterocycles. The Kier molecular flexibility index (Phi) is 14.3. The van der Waals surface area contributed by atoms with Gasteiger partial charge in [-0.25, -0.2) is 0 Å². The van der Waals surface area contributed by atoms with E-state index in [9.17, 15) is 0 Å². The predicted molar refractivity (Wildman–Crippen MR) is 117 cm³/mol. The average molecular weight is 367 g/mol.